The molecule has 0 saturated carbocycles. The van der Waals surface area contributed by atoms with Gasteiger partial charge in [-0.2, -0.15) is 0 Å². The summed E-state index contributed by atoms with van der Waals surface area (Å²) in [5.74, 6) is 0.662. The van der Waals surface area contributed by atoms with Crippen LogP contribution in [-0.4, -0.2) is 10.9 Å². The van der Waals surface area contributed by atoms with E-state index in [1.807, 2.05) is 17.5 Å². The molecule has 1 aromatic carbocycles. The number of nitrogens with zero attached hydrogens (tertiary/aromatic N) is 1. The minimum atomic E-state index is -0.196. The van der Waals surface area contributed by atoms with Crippen molar-refractivity contribution >= 4 is 40.1 Å². The van der Waals surface area contributed by atoms with E-state index < -0.39 is 0 Å². The zero-order valence-corrected chi connectivity index (χ0v) is 13.5. The second-order valence-electron chi connectivity index (χ2n) is 4.92. The third-order valence-corrected chi connectivity index (χ3v) is 4.03. The van der Waals surface area contributed by atoms with Crippen molar-refractivity contribution in [3.63, 3.8) is 0 Å². The Balaban J connectivity index is 1.95. The molecule has 110 valence electrons. The fourth-order valence-electron chi connectivity index (χ4n) is 1.74. The van der Waals surface area contributed by atoms with E-state index >= 15 is 0 Å². The van der Waals surface area contributed by atoms with Crippen molar-refractivity contribution in [1.82, 2.24) is 4.98 Å². The van der Waals surface area contributed by atoms with Crippen LogP contribution in [0, 0.1) is 0 Å². The molecule has 0 fully saturated rings. The normalized spacial score (nSPS) is 11.2. The van der Waals surface area contributed by atoms with Crippen LogP contribution in [0.3, 0.4) is 0 Å². The molecule has 0 unspecified atom stereocenters. The molecule has 0 atom stereocenters. The largest absolute Gasteiger partial charge is 0.298 e. The van der Waals surface area contributed by atoms with Crippen molar-refractivity contribution in [3.05, 3.63) is 52.5 Å². The number of rotatable bonds is 5. The predicted molar refractivity (Wildman–Crippen MR) is 89.9 cm³/mol. The number of nitrogens with one attached hydrogen (secondary N) is 1. The SMILES string of the molecule is CC(C)c1ccc(/C=C/C(=O)Nc2nc(CCl)cs2)cc1. The quantitative estimate of drug-likeness (QED) is 0.643. The number of amides is 1. The molecule has 2 rings (SSSR count). The number of alkyl halides is 1. The smallest absolute Gasteiger partial charge is 0.250 e. The molecule has 0 radical (unpaired) electrons. The Kier molecular flexibility index (Phi) is 5.53. The van der Waals surface area contributed by atoms with E-state index in [2.05, 4.69) is 36.3 Å². The lowest BCUT2D eigenvalue weighted by molar-refractivity contribution is -0.111. The molecular weight excluding hydrogens is 304 g/mol. The number of anilines is 1. The molecular formula is C16H17ClN2OS. The summed E-state index contributed by atoms with van der Waals surface area (Å²) >= 11 is 7.04. The van der Waals surface area contributed by atoms with Gasteiger partial charge in [-0.05, 0) is 23.1 Å². The van der Waals surface area contributed by atoms with Crippen molar-refractivity contribution in [2.45, 2.75) is 25.6 Å². The molecule has 5 heteroatoms. The molecule has 1 aromatic heterocycles. The van der Waals surface area contributed by atoms with Gasteiger partial charge in [-0.25, -0.2) is 4.98 Å². The van der Waals surface area contributed by atoms with Gasteiger partial charge in [-0.1, -0.05) is 38.1 Å². The first-order valence-electron chi connectivity index (χ1n) is 6.68. The zero-order valence-electron chi connectivity index (χ0n) is 12.0. The van der Waals surface area contributed by atoms with Crippen molar-refractivity contribution in [1.29, 1.82) is 0 Å². The van der Waals surface area contributed by atoms with Crippen LogP contribution in [0.4, 0.5) is 5.13 Å². The summed E-state index contributed by atoms with van der Waals surface area (Å²) in [6.07, 6.45) is 3.29. The number of hydrogen-bond donors (Lipinski definition) is 1. The van der Waals surface area contributed by atoms with Crippen LogP contribution < -0.4 is 5.32 Å². The summed E-state index contributed by atoms with van der Waals surface area (Å²) in [7, 11) is 0. The predicted octanol–water partition coefficient (Wildman–Crippen LogP) is 4.66. The van der Waals surface area contributed by atoms with E-state index in [-0.39, 0.29) is 5.91 Å². The Labute approximate surface area is 133 Å². The van der Waals surface area contributed by atoms with Gasteiger partial charge in [0, 0.05) is 11.5 Å². The highest BCUT2D eigenvalue weighted by atomic mass is 35.5. The Hall–Kier alpha value is -1.65. The summed E-state index contributed by atoms with van der Waals surface area (Å²) < 4.78 is 0. The Bertz CT molecular complexity index is 632. The zero-order chi connectivity index (χ0) is 15.2. The molecule has 1 heterocycles. The number of halogens is 1. The Morgan fingerprint density at radius 3 is 2.67 bits per heavy atom. The fourth-order valence-corrected chi connectivity index (χ4v) is 2.68. The van der Waals surface area contributed by atoms with Crippen LogP contribution >= 0.6 is 22.9 Å². The van der Waals surface area contributed by atoms with Gasteiger partial charge < -0.3 is 0 Å². The first-order valence-corrected chi connectivity index (χ1v) is 8.09. The lowest BCUT2D eigenvalue weighted by Crippen LogP contribution is -2.07. The molecule has 3 nitrogen and oxygen atoms in total. The number of benzene rings is 1. The van der Waals surface area contributed by atoms with E-state index in [1.165, 1.54) is 23.0 Å². The summed E-state index contributed by atoms with van der Waals surface area (Å²) in [5, 5.41) is 5.12. The van der Waals surface area contributed by atoms with Crippen LogP contribution in [-0.2, 0) is 10.7 Å². The van der Waals surface area contributed by atoms with Gasteiger partial charge in [0.15, 0.2) is 5.13 Å². The molecule has 0 aliphatic rings. The van der Waals surface area contributed by atoms with E-state index in [1.54, 1.807) is 6.08 Å². The number of hydrogen-bond acceptors (Lipinski definition) is 3. The highest BCUT2D eigenvalue weighted by Crippen LogP contribution is 2.17. The molecule has 0 aliphatic heterocycles. The standard InChI is InChI=1S/C16H17ClN2OS/c1-11(2)13-6-3-12(4-7-13)5-8-15(20)19-16-18-14(9-17)10-21-16/h3-8,10-11H,9H2,1-2H3,(H,18,19,20)/b8-5+. The maximum atomic E-state index is 11.8. The highest BCUT2D eigenvalue weighted by Gasteiger charge is 2.03. The fraction of sp³-hybridized carbons (Fsp3) is 0.250. The topological polar surface area (TPSA) is 42.0 Å². The van der Waals surface area contributed by atoms with Crippen LogP contribution in [0.15, 0.2) is 35.7 Å². The second-order valence-corrected chi connectivity index (χ2v) is 6.05. The van der Waals surface area contributed by atoms with Crippen LogP contribution in [0.25, 0.3) is 6.08 Å². The highest BCUT2D eigenvalue weighted by molar-refractivity contribution is 7.14. The molecule has 1 amide bonds. The monoisotopic (exact) mass is 320 g/mol. The van der Waals surface area contributed by atoms with E-state index in [0.29, 0.717) is 16.9 Å². The third kappa shape index (κ3) is 4.69. The van der Waals surface area contributed by atoms with E-state index in [4.69, 9.17) is 11.6 Å². The minimum absolute atomic E-state index is 0.196. The molecule has 0 saturated heterocycles. The molecule has 21 heavy (non-hydrogen) atoms. The van der Waals surface area contributed by atoms with Crippen molar-refractivity contribution in [2.75, 3.05) is 5.32 Å². The van der Waals surface area contributed by atoms with Crippen LogP contribution in [0.2, 0.25) is 0 Å². The average Bonchev–Trinajstić information content (AvgIpc) is 2.93. The van der Waals surface area contributed by atoms with E-state index in [0.717, 1.165) is 11.3 Å². The third-order valence-electron chi connectivity index (χ3n) is 2.95. The summed E-state index contributed by atoms with van der Waals surface area (Å²) in [6, 6.07) is 8.17. The van der Waals surface area contributed by atoms with Gasteiger partial charge in [-0.3, -0.25) is 10.1 Å². The molecule has 1 N–H and O–H groups in total. The summed E-state index contributed by atoms with van der Waals surface area (Å²) in [4.78, 5) is 16.0. The van der Waals surface area contributed by atoms with Crippen LogP contribution in [0.1, 0.15) is 36.6 Å². The number of carbonyl (C=O) groups is 1. The first kappa shape index (κ1) is 15.7. The Morgan fingerprint density at radius 2 is 2.10 bits per heavy atom. The van der Waals surface area contributed by atoms with Gasteiger partial charge in [-0.15, -0.1) is 22.9 Å². The maximum absolute atomic E-state index is 11.8. The molecule has 0 spiro atoms. The number of thiazole rings is 1. The number of aromatic nitrogens is 1. The molecule has 0 aliphatic carbocycles. The van der Waals surface area contributed by atoms with Gasteiger partial charge in [0.25, 0.3) is 0 Å². The molecule has 0 bridgehead atoms. The minimum Gasteiger partial charge on any atom is -0.298 e. The average molecular weight is 321 g/mol. The lowest BCUT2D eigenvalue weighted by atomic mass is 10.0. The lowest BCUT2D eigenvalue weighted by Gasteiger charge is -2.04. The second kappa shape index (κ2) is 7.38. The van der Waals surface area contributed by atoms with E-state index in [9.17, 15) is 4.79 Å². The van der Waals surface area contributed by atoms with Gasteiger partial charge in [0.2, 0.25) is 5.91 Å². The molecule has 2 aromatic rings. The summed E-state index contributed by atoms with van der Waals surface area (Å²) in [5.41, 5.74) is 3.05. The van der Waals surface area contributed by atoms with Gasteiger partial charge in [0.1, 0.15) is 0 Å². The maximum Gasteiger partial charge on any atom is 0.250 e. The van der Waals surface area contributed by atoms with Gasteiger partial charge in [0.05, 0.1) is 11.6 Å². The number of carbonyl (C=O) groups excluding carboxylic acids is 1. The summed E-state index contributed by atoms with van der Waals surface area (Å²) in [6.45, 7) is 4.31. The van der Waals surface area contributed by atoms with Crippen molar-refractivity contribution in [3.8, 4) is 0 Å². The van der Waals surface area contributed by atoms with Crippen molar-refractivity contribution < 1.29 is 4.79 Å². The van der Waals surface area contributed by atoms with Crippen molar-refractivity contribution in [2.24, 2.45) is 0 Å². The van der Waals surface area contributed by atoms with Crippen LogP contribution in [0.5, 0.6) is 0 Å². The van der Waals surface area contributed by atoms with Gasteiger partial charge >= 0.3 is 0 Å². The Morgan fingerprint density at radius 1 is 1.38 bits per heavy atom. The first-order chi connectivity index (χ1) is 10.1.